The van der Waals surface area contributed by atoms with Gasteiger partial charge in [0.05, 0.1) is 6.61 Å². The highest BCUT2D eigenvalue weighted by Crippen LogP contribution is 2.26. The summed E-state index contributed by atoms with van der Waals surface area (Å²) in [4.78, 5) is 14.2. The first-order valence-corrected chi connectivity index (χ1v) is 6.03. The third-order valence-corrected chi connectivity index (χ3v) is 2.86. The van der Waals surface area contributed by atoms with Crippen molar-refractivity contribution in [1.29, 1.82) is 5.26 Å². The number of hydrogen-bond donors (Lipinski definition) is 1. The van der Waals surface area contributed by atoms with E-state index in [1.807, 2.05) is 44.2 Å². The van der Waals surface area contributed by atoms with Crippen LogP contribution in [0.25, 0.3) is 11.1 Å². The number of aromatic amines is 1. The Morgan fingerprint density at radius 3 is 2.58 bits per heavy atom. The van der Waals surface area contributed by atoms with Gasteiger partial charge in [0.25, 0.3) is 5.56 Å². The molecule has 96 valence electrons. The highest BCUT2D eigenvalue weighted by molar-refractivity contribution is 5.73. The molecular formula is C15H14N2O2. The van der Waals surface area contributed by atoms with Crippen molar-refractivity contribution >= 4 is 0 Å². The summed E-state index contributed by atoms with van der Waals surface area (Å²) in [6.07, 6.45) is 1.62. The molecule has 1 aromatic heterocycles. The Morgan fingerprint density at radius 2 is 2.00 bits per heavy atom. The molecule has 4 nitrogen and oxygen atoms in total. The molecule has 0 aliphatic rings. The van der Waals surface area contributed by atoms with E-state index in [1.54, 1.807) is 6.20 Å². The Balaban J connectivity index is 2.56. The molecule has 0 radical (unpaired) electrons. The number of benzene rings is 1. The third-order valence-electron chi connectivity index (χ3n) is 2.86. The highest BCUT2D eigenvalue weighted by atomic mass is 16.5. The number of aryl methyl sites for hydroxylation is 1. The van der Waals surface area contributed by atoms with Gasteiger partial charge in [-0.1, -0.05) is 12.1 Å². The summed E-state index contributed by atoms with van der Waals surface area (Å²) in [5.74, 6) is 0.771. The first-order valence-electron chi connectivity index (χ1n) is 6.03. The second kappa shape index (κ2) is 5.40. The van der Waals surface area contributed by atoms with Gasteiger partial charge in [-0.15, -0.1) is 0 Å². The molecule has 0 atom stereocenters. The average Bonchev–Trinajstić information content (AvgIpc) is 2.42. The molecule has 0 fully saturated rings. The second-order valence-corrected chi connectivity index (χ2v) is 4.12. The number of pyridine rings is 1. The molecule has 0 aliphatic carbocycles. The van der Waals surface area contributed by atoms with Crippen LogP contribution < -0.4 is 10.3 Å². The quantitative estimate of drug-likeness (QED) is 0.915. The van der Waals surface area contributed by atoms with E-state index in [9.17, 15) is 4.79 Å². The zero-order valence-corrected chi connectivity index (χ0v) is 10.9. The number of H-pyrrole nitrogens is 1. The molecule has 0 aliphatic heterocycles. The summed E-state index contributed by atoms with van der Waals surface area (Å²) in [7, 11) is 0. The smallest absolute Gasteiger partial charge is 0.266 e. The van der Waals surface area contributed by atoms with Crippen molar-refractivity contribution in [2.75, 3.05) is 6.61 Å². The van der Waals surface area contributed by atoms with E-state index in [0.29, 0.717) is 12.2 Å². The SMILES string of the molecule is CCOc1ccc(-c2c(C)c[nH]c(=O)c2C#N)cc1. The monoisotopic (exact) mass is 254 g/mol. The van der Waals surface area contributed by atoms with Gasteiger partial charge in [0.15, 0.2) is 0 Å². The summed E-state index contributed by atoms with van der Waals surface area (Å²) >= 11 is 0. The van der Waals surface area contributed by atoms with Crippen LogP contribution >= 0.6 is 0 Å². The van der Waals surface area contributed by atoms with Crippen molar-refractivity contribution in [3.05, 3.63) is 51.9 Å². The van der Waals surface area contributed by atoms with Crippen LogP contribution in [-0.2, 0) is 0 Å². The van der Waals surface area contributed by atoms with Crippen molar-refractivity contribution in [1.82, 2.24) is 4.98 Å². The predicted molar refractivity (Wildman–Crippen MR) is 73.1 cm³/mol. The van der Waals surface area contributed by atoms with Crippen LogP contribution in [0.2, 0.25) is 0 Å². The number of nitrogens with one attached hydrogen (secondary N) is 1. The van der Waals surface area contributed by atoms with Crippen molar-refractivity contribution in [3.63, 3.8) is 0 Å². The molecule has 0 saturated carbocycles. The van der Waals surface area contributed by atoms with Crippen molar-refractivity contribution in [3.8, 4) is 22.9 Å². The lowest BCUT2D eigenvalue weighted by Gasteiger charge is -2.09. The van der Waals surface area contributed by atoms with Gasteiger partial charge < -0.3 is 9.72 Å². The van der Waals surface area contributed by atoms with Crippen LogP contribution in [-0.4, -0.2) is 11.6 Å². The molecular weight excluding hydrogens is 240 g/mol. The Morgan fingerprint density at radius 1 is 1.32 bits per heavy atom. The van der Waals surface area contributed by atoms with Gasteiger partial charge in [-0.25, -0.2) is 0 Å². The van der Waals surface area contributed by atoms with E-state index in [4.69, 9.17) is 10.00 Å². The first-order chi connectivity index (χ1) is 9.17. The van der Waals surface area contributed by atoms with Crippen LogP contribution in [0.4, 0.5) is 0 Å². The number of hydrogen-bond acceptors (Lipinski definition) is 3. The van der Waals surface area contributed by atoms with Crippen LogP contribution in [0, 0.1) is 18.3 Å². The van der Waals surface area contributed by atoms with Gasteiger partial charge in [0.1, 0.15) is 17.4 Å². The Kier molecular flexibility index (Phi) is 3.67. The van der Waals surface area contributed by atoms with Crippen LogP contribution in [0.3, 0.4) is 0 Å². The summed E-state index contributed by atoms with van der Waals surface area (Å²) in [6, 6.07) is 9.35. The minimum absolute atomic E-state index is 0.143. The maximum atomic E-state index is 11.7. The Hall–Kier alpha value is -2.54. The average molecular weight is 254 g/mol. The van der Waals surface area contributed by atoms with E-state index >= 15 is 0 Å². The summed E-state index contributed by atoms with van der Waals surface area (Å²) in [5, 5.41) is 9.13. The normalized spacial score (nSPS) is 9.95. The topological polar surface area (TPSA) is 65.9 Å². The molecule has 0 bridgehead atoms. The molecule has 0 amide bonds. The van der Waals surface area contributed by atoms with Gasteiger partial charge >= 0.3 is 0 Å². The van der Waals surface area contributed by atoms with E-state index in [2.05, 4.69) is 4.98 Å². The lowest BCUT2D eigenvalue weighted by Crippen LogP contribution is -2.12. The van der Waals surface area contributed by atoms with Gasteiger partial charge in [-0.05, 0) is 37.1 Å². The number of nitriles is 1. The summed E-state index contributed by atoms with van der Waals surface area (Å²) in [6.45, 7) is 4.39. The van der Waals surface area contributed by atoms with Crippen molar-refractivity contribution < 1.29 is 4.74 Å². The maximum Gasteiger partial charge on any atom is 0.266 e. The van der Waals surface area contributed by atoms with Crippen molar-refractivity contribution in [2.45, 2.75) is 13.8 Å². The molecule has 1 N–H and O–H groups in total. The lowest BCUT2D eigenvalue weighted by atomic mass is 9.98. The number of aromatic nitrogens is 1. The van der Waals surface area contributed by atoms with Crippen LogP contribution in [0.15, 0.2) is 35.3 Å². The number of rotatable bonds is 3. The fourth-order valence-electron chi connectivity index (χ4n) is 1.99. The summed E-state index contributed by atoms with van der Waals surface area (Å²) < 4.78 is 5.37. The van der Waals surface area contributed by atoms with Gasteiger partial charge in [-0.3, -0.25) is 4.79 Å². The Labute approximate surface area is 111 Å². The zero-order valence-electron chi connectivity index (χ0n) is 10.9. The minimum atomic E-state index is -0.364. The van der Waals surface area contributed by atoms with E-state index < -0.39 is 0 Å². The van der Waals surface area contributed by atoms with Gasteiger partial charge in [-0.2, -0.15) is 5.26 Å². The third kappa shape index (κ3) is 2.50. The largest absolute Gasteiger partial charge is 0.494 e. The highest BCUT2D eigenvalue weighted by Gasteiger charge is 2.12. The van der Waals surface area contributed by atoms with Crippen LogP contribution in [0.1, 0.15) is 18.1 Å². The molecule has 0 unspecified atom stereocenters. The molecule has 2 aromatic rings. The molecule has 0 spiro atoms. The standard InChI is InChI=1S/C15H14N2O2/c1-3-19-12-6-4-11(5-7-12)14-10(2)9-17-15(18)13(14)8-16/h4-7,9H,3H2,1-2H3,(H,17,18). The summed E-state index contributed by atoms with van der Waals surface area (Å²) in [5.41, 5.74) is 2.15. The zero-order chi connectivity index (χ0) is 13.8. The van der Waals surface area contributed by atoms with E-state index in [-0.39, 0.29) is 11.1 Å². The predicted octanol–water partition coefficient (Wildman–Crippen LogP) is 2.62. The lowest BCUT2D eigenvalue weighted by molar-refractivity contribution is 0.340. The van der Waals surface area contributed by atoms with Crippen LogP contribution in [0.5, 0.6) is 5.75 Å². The molecule has 0 saturated heterocycles. The second-order valence-electron chi connectivity index (χ2n) is 4.12. The van der Waals surface area contributed by atoms with Crippen molar-refractivity contribution in [2.24, 2.45) is 0 Å². The number of ether oxygens (including phenoxy) is 1. The minimum Gasteiger partial charge on any atom is -0.494 e. The van der Waals surface area contributed by atoms with Gasteiger partial charge in [0, 0.05) is 11.8 Å². The van der Waals surface area contributed by atoms with Gasteiger partial charge in [0.2, 0.25) is 0 Å². The molecule has 2 rings (SSSR count). The number of nitrogens with zero attached hydrogens (tertiary/aromatic N) is 1. The maximum absolute atomic E-state index is 11.7. The molecule has 4 heteroatoms. The van der Waals surface area contributed by atoms with E-state index in [1.165, 1.54) is 0 Å². The molecule has 1 aromatic carbocycles. The fraction of sp³-hybridized carbons (Fsp3) is 0.200. The molecule has 1 heterocycles. The van der Waals surface area contributed by atoms with E-state index in [0.717, 1.165) is 16.9 Å². The first kappa shape index (κ1) is 12.9. The fourth-order valence-corrected chi connectivity index (χ4v) is 1.99. The Bertz CT molecular complexity index is 679. The molecule has 19 heavy (non-hydrogen) atoms.